The van der Waals surface area contributed by atoms with Gasteiger partial charge in [0.25, 0.3) is 5.91 Å². The first-order chi connectivity index (χ1) is 19.0. The van der Waals surface area contributed by atoms with E-state index in [1.165, 1.54) is 0 Å². The molecule has 2 heterocycles. The van der Waals surface area contributed by atoms with E-state index in [1.54, 1.807) is 17.8 Å². The van der Waals surface area contributed by atoms with Gasteiger partial charge in [-0.05, 0) is 62.2 Å². The number of amides is 3. The molecule has 0 bridgehead atoms. The number of thioether (sulfide) groups is 1. The van der Waals surface area contributed by atoms with Crippen LogP contribution in [0.3, 0.4) is 0 Å². The monoisotopic (exact) mass is 541 g/mol. The molecule has 200 valence electrons. The Hall–Kier alpha value is -4.24. The van der Waals surface area contributed by atoms with E-state index in [1.807, 2.05) is 86.6 Å². The number of urea groups is 1. The molecular formula is C30H31N5O3S. The Bertz CT molecular complexity index is 1420. The van der Waals surface area contributed by atoms with Gasteiger partial charge >= 0.3 is 6.03 Å². The molecule has 0 radical (unpaired) electrons. The average Bonchev–Trinajstić information content (AvgIpc) is 2.94. The second kappa shape index (κ2) is 12.1. The first-order valence-corrected chi connectivity index (χ1v) is 14.0. The van der Waals surface area contributed by atoms with Crippen LogP contribution in [-0.2, 0) is 4.79 Å². The molecule has 3 N–H and O–H groups in total. The Morgan fingerprint density at radius 2 is 1.74 bits per heavy atom. The first kappa shape index (κ1) is 26.4. The molecule has 5 rings (SSSR count). The first-order valence-electron chi connectivity index (χ1n) is 13.0. The highest BCUT2D eigenvalue weighted by Crippen LogP contribution is 2.40. The van der Waals surface area contributed by atoms with Gasteiger partial charge in [-0.25, -0.2) is 9.79 Å². The number of carbonyl (C=O) groups excluding carboxylic acids is 2. The van der Waals surface area contributed by atoms with Gasteiger partial charge < -0.3 is 25.6 Å². The van der Waals surface area contributed by atoms with E-state index in [-0.39, 0.29) is 18.0 Å². The number of rotatable bonds is 7. The maximum atomic E-state index is 13.6. The van der Waals surface area contributed by atoms with Crippen molar-refractivity contribution in [3.8, 4) is 5.75 Å². The molecule has 0 aromatic heterocycles. The highest BCUT2D eigenvalue weighted by atomic mass is 32.2. The lowest BCUT2D eigenvalue weighted by Crippen LogP contribution is -2.43. The molecule has 1 fully saturated rings. The van der Waals surface area contributed by atoms with Crippen molar-refractivity contribution < 1.29 is 14.3 Å². The van der Waals surface area contributed by atoms with Crippen LogP contribution in [0.2, 0.25) is 0 Å². The summed E-state index contributed by atoms with van der Waals surface area (Å²) in [5.74, 6) is 1.41. The van der Waals surface area contributed by atoms with Crippen LogP contribution in [-0.4, -0.2) is 40.9 Å². The Balaban J connectivity index is 1.42. The van der Waals surface area contributed by atoms with E-state index in [9.17, 15) is 9.59 Å². The van der Waals surface area contributed by atoms with Crippen molar-refractivity contribution in [2.45, 2.75) is 26.3 Å². The molecule has 3 aromatic rings. The van der Waals surface area contributed by atoms with Crippen molar-refractivity contribution in [1.82, 2.24) is 4.90 Å². The van der Waals surface area contributed by atoms with Gasteiger partial charge in [0, 0.05) is 23.7 Å². The molecule has 39 heavy (non-hydrogen) atoms. The number of amidine groups is 1. The van der Waals surface area contributed by atoms with Crippen molar-refractivity contribution in [3.05, 3.63) is 95.7 Å². The summed E-state index contributed by atoms with van der Waals surface area (Å²) in [6.07, 6.45) is 0.992. The Kier molecular flexibility index (Phi) is 8.17. The molecule has 3 amide bonds. The van der Waals surface area contributed by atoms with Gasteiger partial charge in [-0.1, -0.05) is 54.2 Å². The Morgan fingerprint density at radius 1 is 0.974 bits per heavy atom. The number of benzene rings is 3. The average molecular weight is 542 g/mol. The minimum absolute atomic E-state index is 0.189. The van der Waals surface area contributed by atoms with Crippen LogP contribution in [0.25, 0.3) is 0 Å². The molecule has 2 aliphatic rings. The maximum Gasteiger partial charge on any atom is 0.323 e. The molecule has 0 saturated carbocycles. The van der Waals surface area contributed by atoms with E-state index in [0.29, 0.717) is 35.0 Å². The third-order valence-electron chi connectivity index (χ3n) is 6.43. The van der Waals surface area contributed by atoms with E-state index in [0.717, 1.165) is 35.1 Å². The standard InChI is InChI=1S/C30H31N5O3S/c1-3-38-25-16-8-7-15-24(25)34-29(37)33-23-14-9-11-21(19-23)27-26(28(36)32-22-12-5-4-6-13-22)20(2)31-30-35(27)17-10-18-39-30/h4-9,11-16,19,27H,3,10,17-18H2,1-2H3,(H,32,36)(H2,33,34,37). The molecular weight excluding hydrogens is 510 g/mol. The largest absolute Gasteiger partial charge is 0.492 e. The minimum atomic E-state index is -0.382. The second-order valence-electron chi connectivity index (χ2n) is 9.15. The zero-order chi connectivity index (χ0) is 27.2. The summed E-state index contributed by atoms with van der Waals surface area (Å²) in [5, 5.41) is 9.75. The summed E-state index contributed by atoms with van der Waals surface area (Å²) >= 11 is 1.71. The van der Waals surface area contributed by atoms with Crippen molar-refractivity contribution in [3.63, 3.8) is 0 Å². The lowest BCUT2D eigenvalue weighted by atomic mass is 9.93. The molecule has 1 atom stereocenters. The number of carbonyl (C=O) groups is 2. The van der Waals surface area contributed by atoms with Crippen LogP contribution in [0, 0.1) is 0 Å². The number of para-hydroxylation sites is 3. The predicted octanol–water partition coefficient (Wildman–Crippen LogP) is 6.49. The number of fused-ring (bicyclic) bond motifs is 1. The van der Waals surface area contributed by atoms with Gasteiger partial charge in [0.2, 0.25) is 0 Å². The third kappa shape index (κ3) is 6.09. The summed E-state index contributed by atoms with van der Waals surface area (Å²) in [6, 6.07) is 23.6. The fourth-order valence-corrected chi connectivity index (χ4v) is 5.77. The van der Waals surface area contributed by atoms with Crippen molar-refractivity contribution >= 4 is 45.9 Å². The van der Waals surface area contributed by atoms with Crippen LogP contribution in [0.1, 0.15) is 31.9 Å². The van der Waals surface area contributed by atoms with E-state index < -0.39 is 0 Å². The Labute approximate surface area is 232 Å². The second-order valence-corrected chi connectivity index (χ2v) is 10.2. The van der Waals surface area contributed by atoms with Gasteiger partial charge in [0.1, 0.15) is 5.75 Å². The lowest BCUT2D eigenvalue weighted by Gasteiger charge is -2.41. The van der Waals surface area contributed by atoms with Gasteiger partial charge in [0.05, 0.1) is 29.6 Å². The summed E-state index contributed by atoms with van der Waals surface area (Å²) in [4.78, 5) is 33.5. The van der Waals surface area contributed by atoms with Crippen molar-refractivity contribution in [2.24, 2.45) is 4.99 Å². The van der Waals surface area contributed by atoms with Crippen LogP contribution < -0.4 is 20.7 Å². The number of ether oxygens (including phenoxy) is 1. The summed E-state index contributed by atoms with van der Waals surface area (Å²) in [7, 11) is 0. The maximum absolute atomic E-state index is 13.6. The Morgan fingerprint density at radius 3 is 2.56 bits per heavy atom. The van der Waals surface area contributed by atoms with Crippen LogP contribution >= 0.6 is 11.8 Å². The van der Waals surface area contributed by atoms with Crippen LogP contribution in [0.4, 0.5) is 21.9 Å². The van der Waals surface area contributed by atoms with Gasteiger partial charge in [-0.3, -0.25) is 4.79 Å². The fourth-order valence-electron chi connectivity index (χ4n) is 4.75. The number of allylic oxidation sites excluding steroid dienone is 1. The van der Waals surface area contributed by atoms with Crippen LogP contribution in [0.15, 0.2) is 95.1 Å². The molecule has 1 saturated heterocycles. The molecule has 0 aliphatic carbocycles. The minimum Gasteiger partial charge on any atom is -0.492 e. The predicted molar refractivity (Wildman–Crippen MR) is 158 cm³/mol. The number of hydrogen-bond acceptors (Lipinski definition) is 6. The highest BCUT2D eigenvalue weighted by molar-refractivity contribution is 8.13. The van der Waals surface area contributed by atoms with Gasteiger partial charge in [-0.15, -0.1) is 0 Å². The van der Waals surface area contributed by atoms with Crippen molar-refractivity contribution in [2.75, 3.05) is 34.9 Å². The zero-order valence-corrected chi connectivity index (χ0v) is 22.8. The molecule has 1 unspecified atom stereocenters. The number of aliphatic imine (C=N–C) groups is 1. The summed E-state index contributed by atoms with van der Waals surface area (Å²) in [6.45, 7) is 5.07. The SMILES string of the molecule is CCOc1ccccc1NC(=O)Nc1cccc(C2C(C(=O)Nc3ccccc3)=C(C)N=C3SCCCN32)c1. The molecule has 2 aliphatic heterocycles. The molecule has 3 aromatic carbocycles. The number of hydrogen-bond donors (Lipinski definition) is 3. The van der Waals surface area contributed by atoms with Crippen molar-refractivity contribution in [1.29, 1.82) is 0 Å². The fraction of sp³-hybridized carbons (Fsp3) is 0.233. The van der Waals surface area contributed by atoms with Gasteiger partial charge in [-0.2, -0.15) is 0 Å². The number of anilines is 3. The normalized spacial score (nSPS) is 16.6. The molecule has 9 heteroatoms. The lowest BCUT2D eigenvalue weighted by molar-refractivity contribution is -0.113. The van der Waals surface area contributed by atoms with E-state index >= 15 is 0 Å². The summed E-state index contributed by atoms with van der Waals surface area (Å²) in [5.41, 5.74) is 4.12. The van der Waals surface area contributed by atoms with E-state index in [4.69, 9.17) is 9.73 Å². The summed E-state index contributed by atoms with van der Waals surface area (Å²) < 4.78 is 5.62. The molecule has 0 spiro atoms. The molecule has 8 nitrogen and oxygen atoms in total. The highest BCUT2D eigenvalue weighted by Gasteiger charge is 2.37. The topological polar surface area (TPSA) is 95.1 Å². The van der Waals surface area contributed by atoms with E-state index in [2.05, 4.69) is 20.9 Å². The number of nitrogens with zero attached hydrogens (tertiary/aromatic N) is 2. The van der Waals surface area contributed by atoms with Gasteiger partial charge in [0.15, 0.2) is 5.17 Å². The number of nitrogens with one attached hydrogen (secondary N) is 3. The zero-order valence-electron chi connectivity index (χ0n) is 21.9. The third-order valence-corrected chi connectivity index (χ3v) is 7.51. The van der Waals surface area contributed by atoms with Crippen LogP contribution in [0.5, 0.6) is 5.75 Å². The smallest absolute Gasteiger partial charge is 0.323 e. The quantitative estimate of drug-likeness (QED) is 0.318.